The normalized spacial score (nSPS) is 10.2. The first-order valence-electron chi connectivity index (χ1n) is 7.45. The van der Waals surface area contributed by atoms with Crippen molar-refractivity contribution in [2.24, 2.45) is 0 Å². The molecule has 0 bridgehead atoms. The van der Waals surface area contributed by atoms with Gasteiger partial charge < -0.3 is 10.6 Å². The molecule has 2 aromatic rings. The largest absolute Gasteiger partial charge is 0.352 e. The first-order valence-corrected chi connectivity index (χ1v) is 7.83. The lowest BCUT2D eigenvalue weighted by atomic mass is 10.2. The van der Waals surface area contributed by atoms with Gasteiger partial charge in [0.05, 0.1) is 0 Å². The molecule has 0 spiro atoms. The molecule has 0 fully saturated rings. The minimum Gasteiger partial charge on any atom is -0.352 e. The average Bonchev–Trinajstić information content (AvgIpc) is 2.55. The Labute approximate surface area is 140 Å². The molecule has 2 amide bonds. The first-order chi connectivity index (χ1) is 11.1. The Morgan fingerprint density at radius 2 is 1.83 bits per heavy atom. The smallest absolute Gasteiger partial charge is 0.251 e. The Bertz CT molecular complexity index is 687. The van der Waals surface area contributed by atoms with Crippen LogP contribution >= 0.6 is 11.6 Å². The SMILES string of the molecule is Cc1ccc(Cl)cc1NC(=O)CCCNC(=O)c1ccccc1. The Balaban J connectivity index is 1.73. The Kier molecular flexibility index (Phi) is 6.18. The zero-order valence-corrected chi connectivity index (χ0v) is 13.7. The second-order valence-corrected chi connectivity index (χ2v) is 5.67. The molecule has 23 heavy (non-hydrogen) atoms. The lowest BCUT2D eigenvalue weighted by molar-refractivity contribution is -0.116. The molecule has 0 heterocycles. The number of rotatable bonds is 6. The van der Waals surface area contributed by atoms with Gasteiger partial charge in [-0.2, -0.15) is 0 Å². The van der Waals surface area contributed by atoms with Crippen LogP contribution in [-0.4, -0.2) is 18.4 Å². The molecule has 0 aromatic heterocycles. The summed E-state index contributed by atoms with van der Waals surface area (Å²) in [5, 5.41) is 6.22. The van der Waals surface area contributed by atoms with E-state index in [1.807, 2.05) is 31.2 Å². The molecular weight excluding hydrogens is 312 g/mol. The summed E-state index contributed by atoms with van der Waals surface area (Å²) in [6.07, 6.45) is 0.908. The van der Waals surface area contributed by atoms with Crippen molar-refractivity contribution < 1.29 is 9.59 Å². The number of hydrogen-bond donors (Lipinski definition) is 2. The Morgan fingerprint density at radius 1 is 1.09 bits per heavy atom. The van der Waals surface area contributed by atoms with Gasteiger partial charge in [-0.05, 0) is 43.2 Å². The number of nitrogens with one attached hydrogen (secondary N) is 2. The highest BCUT2D eigenvalue weighted by atomic mass is 35.5. The molecule has 0 saturated carbocycles. The third-order valence-electron chi connectivity index (χ3n) is 3.38. The summed E-state index contributed by atoms with van der Waals surface area (Å²) >= 11 is 5.92. The number of anilines is 1. The van der Waals surface area contributed by atoms with Gasteiger partial charge in [0.1, 0.15) is 0 Å². The maximum absolute atomic E-state index is 11.9. The summed E-state index contributed by atoms with van der Waals surface area (Å²) in [6.45, 7) is 2.36. The maximum Gasteiger partial charge on any atom is 0.251 e. The molecule has 4 nitrogen and oxygen atoms in total. The highest BCUT2D eigenvalue weighted by Crippen LogP contribution is 2.20. The average molecular weight is 331 g/mol. The Morgan fingerprint density at radius 3 is 2.57 bits per heavy atom. The minimum absolute atomic E-state index is 0.0932. The highest BCUT2D eigenvalue weighted by molar-refractivity contribution is 6.31. The zero-order chi connectivity index (χ0) is 16.7. The van der Waals surface area contributed by atoms with E-state index in [1.165, 1.54) is 0 Å². The van der Waals surface area contributed by atoms with Gasteiger partial charge in [-0.1, -0.05) is 35.9 Å². The number of hydrogen-bond acceptors (Lipinski definition) is 2. The van der Waals surface area contributed by atoms with E-state index in [9.17, 15) is 9.59 Å². The van der Waals surface area contributed by atoms with Crippen molar-refractivity contribution in [3.05, 3.63) is 64.7 Å². The van der Waals surface area contributed by atoms with Gasteiger partial charge in [0.15, 0.2) is 0 Å². The van der Waals surface area contributed by atoms with E-state index in [2.05, 4.69) is 10.6 Å². The van der Waals surface area contributed by atoms with Crippen molar-refractivity contribution >= 4 is 29.1 Å². The molecular formula is C18H19ClN2O2. The van der Waals surface area contributed by atoms with Gasteiger partial charge in [-0.25, -0.2) is 0 Å². The van der Waals surface area contributed by atoms with Gasteiger partial charge in [-0.15, -0.1) is 0 Å². The fourth-order valence-corrected chi connectivity index (χ4v) is 2.26. The minimum atomic E-state index is -0.128. The number of aryl methyl sites for hydroxylation is 1. The van der Waals surface area contributed by atoms with Crippen LogP contribution in [-0.2, 0) is 4.79 Å². The van der Waals surface area contributed by atoms with Crippen LogP contribution in [0, 0.1) is 6.92 Å². The molecule has 0 saturated heterocycles. The van der Waals surface area contributed by atoms with Gasteiger partial charge in [0.25, 0.3) is 5.91 Å². The van der Waals surface area contributed by atoms with E-state index in [0.29, 0.717) is 30.0 Å². The summed E-state index contributed by atoms with van der Waals surface area (Å²) in [5.74, 6) is -0.221. The van der Waals surface area contributed by atoms with Crippen LogP contribution in [0.5, 0.6) is 0 Å². The van der Waals surface area contributed by atoms with Crippen LogP contribution in [0.2, 0.25) is 5.02 Å². The first kappa shape index (κ1) is 17.0. The van der Waals surface area contributed by atoms with Crippen LogP contribution in [0.1, 0.15) is 28.8 Å². The Hall–Kier alpha value is -2.33. The van der Waals surface area contributed by atoms with E-state index in [4.69, 9.17) is 11.6 Å². The quantitative estimate of drug-likeness (QED) is 0.791. The molecule has 5 heteroatoms. The van der Waals surface area contributed by atoms with Gasteiger partial charge in [0, 0.05) is 29.2 Å². The van der Waals surface area contributed by atoms with Gasteiger partial charge in [0.2, 0.25) is 5.91 Å². The molecule has 2 rings (SSSR count). The summed E-state index contributed by atoms with van der Waals surface area (Å²) in [4.78, 5) is 23.8. The zero-order valence-electron chi connectivity index (χ0n) is 12.9. The fraction of sp³-hybridized carbons (Fsp3) is 0.222. The topological polar surface area (TPSA) is 58.2 Å². The molecule has 0 atom stereocenters. The lowest BCUT2D eigenvalue weighted by Crippen LogP contribution is -2.25. The van der Waals surface area contributed by atoms with Crippen molar-refractivity contribution in [1.82, 2.24) is 5.32 Å². The van der Waals surface area contributed by atoms with Crippen LogP contribution < -0.4 is 10.6 Å². The standard InChI is InChI=1S/C18H19ClN2O2/c1-13-9-10-15(19)12-16(13)21-17(22)8-5-11-20-18(23)14-6-3-2-4-7-14/h2-4,6-7,9-10,12H,5,8,11H2,1H3,(H,20,23)(H,21,22). The molecule has 0 unspecified atom stereocenters. The van der Waals surface area contributed by atoms with E-state index in [1.54, 1.807) is 24.3 Å². The molecule has 0 aliphatic heterocycles. The molecule has 2 N–H and O–H groups in total. The van der Waals surface area contributed by atoms with Crippen LogP contribution in [0.25, 0.3) is 0 Å². The molecule has 0 aliphatic carbocycles. The van der Waals surface area contributed by atoms with Crippen molar-refractivity contribution in [2.75, 3.05) is 11.9 Å². The highest BCUT2D eigenvalue weighted by Gasteiger charge is 2.07. The number of carbonyl (C=O) groups is 2. The summed E-state index contributed by atoms with van der Waals surface area (Å²) in [5.41, 5.74) is 2.29. The fourth-order valence-electron chi connectivity index (χ4n) is 2.08. The van der Waals surface area contributed by atoms with Crippen LogP contribution in [0.4, 0.5) is 5.69 Å². The molecule has 120 valence electrons. The van der Waals surface area contributed by atoms with Crippen molar-refractivity contribution in [3.63, 3.8) is 0 Å². The second-order valence-electron chi connectivity index (χ2n) is 5.23. The van der Waals surface area contributed by atoms with Crippen molar-refractivity contribution in [1.29, 1.82) is 0 Å². The summed E-state index contributed by atoms with van der Waals surface area (Å²) in [7, 11) is 0. The van der Waals surface area contributed by atoms with E-state index in [0.717, 1.165) is 11.3 Å². The molecule has 2 aromatic carbocycles. The monoisotopic (exact) mass is 330 g/mol. The van der Waals surface area contributed by atoms with Crippen molar-refractivity contribution in [3.8, 4) is 0 Å². The van der Waals surface area contributed by atoms with Gasteiger partial charge in [-0.3, -0.25) is 9.59 Å². The number of carbonyl (C=O) groups excluding carboxylic acids is 2. The maximum atomic E-state index is 11.9. The van der Waals surface area contributed by atoms with Gasteiger partial charge >= 0.3 is 0 Å². The third-order valence-corrected chi connectivity index (χ3v) is 3.61. The van der Waals surface area contributed by atoms with Crippen molar-refractivity contribution in [2.45, 2.75) is 19.8 Å². The molecule has 0 radical (unpaired) electrons. The lowest BCUT2D eigenvalue weighted by Gasteiger charge is -2.09. The van der Waals surface area contributed by atoms with E-state index in [-0.39, 0.29) is 11.8 Å². The number of amides is 2. The molecule has 0 aliphatic rings. The van der Waals surface area contributed by atoms with E-state index >= 15 is 0 Å². The van der Waals surface area contributed by atoms with E-state index < -0.39 is 0 Å². The van der Waals surface area contributed by atoms with Crippen LogP contribution in [0.3, 0.4) is 0 Å². The number of halogens is 1. The predicted octanol–water partition coefficient (Wildman–Crippen LogP) is 3.80. The third kappa shape index (κ3) is 5.42. The summed E-state index contributed by atoms with van der Waals surface area (Å²) in [6, 6.07) is 14.4. The summed E-state index contributed by atoms with van der Waals surface area (Å²) < 4.78 is 0. The second kappa shape index (κ2) is 8.34. The predicted molar refractivity (Wildman–Crippen MR) is 92.8 cm³/mol. The number of benzene rings is 2. The van der Waals surface area contributed by atoms with Crippen LogP contribution in [0.15, 0.2) is 48.5 Å².